The first kappa shape index (κ1) is 15.7. The molecule has 1 aromatic heterocycles. The molecule has 0 bridgehead atoms. The molecule has 0 spiro atoms. The fraction of sp³-hybridized carbons (Fsp3) is 0.467. The zero-order valence-electron chi connectivity index (χ0n) is 12.5. The molecule has 2 aromatic rings. The minimum Gasteiger partial charge on any atom is -0.466 e. The van der Waals surface area contributed by atoms with Crippen LogP contribution in [-0.2, 0) is 15.2 Å². The van der Waals surface area contributed by atoms with Crippen LogP contribution >= 0.6 is 23.3 Å². The lowest BCUT2D eigenvalue weighted by atomic mass is 10.2. The number of aromatic nitrogens is 2. The molecule has 3 rings (SSSR count). The number of thioether (sulfide) groups is 1. The SMILES string of the molecule is CC1(C)OCC(COc2nc(SCc3ccccc3)ns2)O1. The molecule has 0 N–H and O–H groups in total. The van der Waals surface area contributed by atoms with E-state index in [0.29, 0.717) is 18.4 Å². The summed E-state index contributed by atoms with van der Waals surface area (Å²) in [5, 5.41) is 1.32. The van der Waals surface area contributed by atoms with Gasteiger partial charge in [0.1, 0.15) is 12.7 Å². The Labute approximate surface area is 138 Å². The molecule has 1 aliphatic rings. The number of ether oxygens (including phenoxy) is 3. The molecule has 1 aliphatic heterocycles. The Kier molecular flexibility index (Phi) is 4.97. The molecule has 0 radical (unpaired) electrons. The Morgan fingerprint density at radius 1 is 1.36 bits per heavy atom. The first-order chi connectivity index (χ1) is 10.6. The van der Waals surface area contributed by atoms with Gasteiger partial charge in [-0.25, -0.2) is 0 Å². The summed E-state index contributed by atoms with van der Waals surface area (Å²) in [5.41, 5.74) is 1.25. The molecule has 0 aliphatic carbocycles. The van der Waals surface area contributed by atoms with Crippen molar-refractivity contribution in [3.05, 3.63) is 35.9 Å². The van der Waals surface area contributed by atoms with E-state index in [0.717, 1.165) is 10.9 Å². The van der Waals surface area contributed by atoms with Crippen molar-refractivity contribution in [2.45, 2.75) is 36.6 Å². The van der Waals surface area contributed by atoms with Gasteiger partial charge in [-0.05, 0) is 19.4 Å². The van der Waals surface area contributed by atoms with Crippen LogP contribution in [-0.4, -0.2) is 34.5 Å². The third-order valence-corrected chi connectivity index (χ3v) is 4.72. The summed E-state index contributed by atoms with van der Waals surface area (Å²) in [6, 6.07) is 10.3. The Morgan fingerprint density at radius 3 is 2.91 bits per heavy atom. The molecule has 1 atom stereocenters. The summed E-state index contributed by atoms with van der Waals surface area (Å²) in [4.78, 5) is 4.37. The van der Waals surface area contributed by atoms with Crippen molar-refractivity contribution in [2.75, 3.05) is 13.2 Å². The number of hydrogen-bond donors (Lipinski definition) is 0. The maximum Gasteiger partial charge on any atom is 0.294 e. The zero-order valence-corrected chi connectivity index (χ0v) is 14.2. The van der Waals surface area contributed by atoms with Gasteiger partial charge in [0.25, 0.3) is 5.19 Å². The minimum absolute atomic E-state index is 0.0562. The van der Waals surface area contributed by atoms with Gasteiger partial charge >= 0.3 is 0 Å². The van der Waals surface area contributed by atoms with E-state index in [1.54, 1.807) is 11.8 Å². The van der Waals surface area contributed by atoms with Crippen LogP contribution in [0.15, 0.2) is 35.5 Å². The predicted octanol–water partition coefficient (Wildman–Crippen LogP) is 3.36. The van der Waals surface area contributed by atoms with E-state index in [9.17, 15) is 0 Å². The first-order valence-electron chi connectivity index (χ1n) is 7.06. The van der Waals surface area contributed by atoms with E-state index in [-0.39, 0.29) is 6.10 Å². The Hall–Kier alpha value is -1.15. The van der Waals surface area contributed by atoms with Gasteiger partial charge < -0.3 is 14.2 Å². The second-order valence-corrected chi connectivity index (χ2v) is 7.04. The molecule has 1 aromatic carbocycles. The standard InChI is InChI=1S/C15H18N2O3S2/c1-15(2)19-9-12(20-15)8-18-14-16-13(17-22-14)21-10-11-6-4-3-5-7-11/h3-7,12H,8-10H2,1-2H3. The number of rotatable bonds is 6. The third kappa shape index (κ3) is 4.42. The molecule has 0 saturated carbocycles. The van der Waals surface area contributed by atoms with Crippen LogP contribution in [0.2, 0.25) is 0 Å². The highest BCUT2D eigenvalue weighted by Gasteiger charge is 2.33. The Morgan fingerprint density at radius 2 is 2.18 bits per heavy atom. The second-order valence-electron chi connectivity index (χ2n) is 5.38. The van der Waals surface area contributed by atoms with Gasteiger partial charge in [-0.2, -0.15) is 9.36 Å². The van der Waals surface area contributed by atoms with Gasteiger partial charge in [0.05, 0.1) is 6.61 Å². The van der Waals surface area contributed by atoms with Crippen molar-refractivity contribution in [3.8, 4) is 5.19 Å². The average Bonchev–Trinajstić information content (AvgIpc) is 3.10. The van der Waals surface area contributed by atoms with E-state index in [4.69, 9.17) is 14.2 Å². The normalized spacial score (nSPS) is 20.2. The summed E-state index contributed by atoms with van der Waals surface area (Å²) >= 11 is 2.87. The smallest absolute Gasteiger partial charge is 0.294 e. The molecule has 22 heavy (non-hydrogen) atoms. The Balaban J connectivity index is 1.45. The molecular formula is C15H18N2O3S2. The molecule has 1 fully saturated rings. The van der Waals surface area contributed by atoms with Crippen molar-refractivity contribution < 1.29 is 14.2 Å². The van der Waals surface area contributed by atoms with Crippen molar-refractivity contribution in [3.63, 3.8) is 0 Å². The quantitative estimate of drug-likeness (QED) is 0.753. The van der Waals surface area contributed by atoms with Gasteiger partial charge in [-0.15, -0.1) is 0 Å². The van der Waals surface area contributed by atoms with Gasteiger partial charge in [-0.3, -0.25) is 0 Å². The molecular weight excluding hydrogens is 320 g/mol. The summed E-state index contributed by atoms with van der Waals surface area (Å²) in [7, 11) is 0. The van der Waals surface area contributed by atoms with Crippen LogP contribution in [0.1, 0.15) is 19.4 Å². The monoisotopic (exact) mass is 338 g/mol. The lowest BCUT2D eigenvalue weighted by molar-refractivity contribution is -0.141. The number of benzene rings is 1. The van der Waals surface area contributed by atoms with E-state index in [1.165, 1.54) is 17.1 Å². The fourth-order valence-electron chi connectivity index (χ4n) is 2.05. The zero-order chi connectivity index (χ0) is 15.4. The number of hydrogen-bond acceptors (Lipinski definition) is 7. The lowest BCUT2D eigenvalue weighted by Crippen LogP contribution is -2.25. The maximum absolute atomic E-state index is 5.69. The van der Waals surface area contributed by atoms with Crippen LogP contribution in [0.4, 0.5) is 0 Å². The third-order valence-electron chi connectivity index (χ3n) is 3.06. The van der Waals surface area contributed by atoms with E-state index < -0.39 is 5.79 Å². The fourth-order valence-corrected chi connectivity index (χ4v) is 3.51. The second kappa shape index (κ2) is 6.95. The molecule has 1 unspecified atom stereocenters. The van der Waals surface area contributed by atoms with Crippen LogP contribution in [0.5, 0.6) is 5.19 Å². The molecule has 7 heteroatoms. The van der Waals surface area contributed by atoms with E-state index >= 15 is 0 Å². The molecule has 0 amide bonds. The lowest BCUT2D eigenvalue weighted by Gasteiger charge is -2.16. The van der Waals surface area contributed by atoms with Gasteiger partial charge in [0, 0.05) is 17.3 Å². The van der Waals surface area contributed by atoms with Gasteiger partial charge in [-0.1, -0.05) is 42.1 Å². The van der Waals surface area contributed by atoms with Gasteiger partial charge in [0.15, 0.2) is 5.79 Å². The predicted molar refractivity (Wildman–Crippen MR) is 86.3 cm³/mol. The van der Waals surface area contributed by atoms with Crippen molar-refractivity contribution in [2.24, 2.45) is 0 Å². The molecule has 118 valence electrons. The van der Waals surface area contributed by atoms with Crippen molar-refractivity contribution in [1.29, 1.82) is 0 Å². The van der Waals surface area contributed by atoms with E-state index in [2.05, 4.69) is 21.5 Å². The topological polar surface area (TPSA) is 53.5 Å². The molecule has 2 heterocycles. The van der Waals surface area contributed by atoms with Crippen molar-refractivity contribution in [1.82, 2.24) is 9.36 Å². The molecule has 1 saturated heterocycles. The van der Waals surface area contributed by atoms with Crippen molar-refractivity contribution >= 4 is 23.3 Å². The van der Waals surface area contributed by atoms with Crippen LogP contribution in [0, 0.1) is 0 Å². The Bertz CT molecular complexity index is 604. The van der Waals surface area contributed by atoms with E-state index in [1.807, 2.05) is 32.0 Å². The van der Waals surface area contributed by atoms with Crippen LogP contribution in [0.25, 0.3) is 0 Å². The number of nitrogens with zero attached hydrogens (tertiary/aromatic N) is 2. The first-order valence-corrected chi connectivity index (χ1v) is 8.82. The van der Waals surface area contributed by atoms with Crippen LogP contribution in [0.3, 0.4) is 0 Å². The summed E-state index contributed by atoms with van der Waals surface area (Å²) in [6.45, 7) is 4.77. The average molecular weight is 338 g/mol. The summed E-state index contributed by atoms with van der Waals surface area (Å²) in [5.74, 6) is 0.330. The maximum atomic E-state index is 5.69. The minimum atomic E-state index is -0.522. The highest BCUT2D eigenvalue weighted by atomic mass is 32.2. The highest BCUT2D eigenvalue weighted by Crippen LogP contribution is 2.26. The van der Waals surface area contributed by atoms with Gasteiger partial charge in [0.2, 0.25) is 5.16 Å². The largest absolute Gasteiger partial charge is 0.466 e. The summed E-state index contributed by atoms with van der Waals surface area (Å²) in [6.07, 6.45) is -0.0562. The van der Waals surface area contributed by atoms with Crippen LogP contribution < -0.4 is 4.74 Å². The summed E-state index contributed by atoms with van der Waals surface area (Å²) < 4.78 is 21.1. The highest BCUT2D eigenvalue weighted by molar-refractivity contribution is 7.98. The molecule has 5 nitrogen and oxygen atoms in total.